The number of benzene rings is 2. The number of nitrogens with one attached hydrogen (secondary N) is 1. The first-order valence-electron chi connectivity index (χ1n) is 7.68. The molecule has 1 amide bonds. The van der Waals surface area contributed by atoms with Crippen molar-refractivity contribution in [3.63, 3.8) is 0 Å². The lowest BCUT2D eigenvalue weighted by Gasteiger charge is -2.14. The van der Waals surface area contributed by atoms with E-state index in [1.165, 1.54) is 6.92 Å². The Labute approximate surface area is 146 Å². The van der Waals surface area contributed by atoms with Crippen LogP contribution in [0.5, 0.6) is 5.75 Å². The van der Waals surface area contributed by atoms with E-state index < -0.39 is 18.0 Å². The summed E-state index contributed by atoms with van der Waals surface area (Å²) in [6.45, 7) is 3.07. The molecule has 25 heavy (non-hydrogen) atoms. The zero-order chi connectivity index (χ0) is 18.2. The minimum absolute atomic E-state index is 0.296. The Balaban J connectivity index is 1.86. The molecule has 0 saturated carbocycles. The van der Waals surface area contributed by atoms with Crippen LogP contribution < -0.4 is 10.1 Å². The van der Waals surface area contributed by atoms with Gasteiger partial charge in [-0.2, -0.15) is 5.26 Å². The third kappa shape index (κ3) is 5.36. The molecule has 0 saturated heterocycles. The van der Waals surface area contributed by atoms with Crippen LogP contribution in [0, 0.1) is 18.3 Å². The highest BCUT2D eigenvalue weighted by Crippen LogP contribution is 2.15. The molecule has 0 unspecified atom stereocenters. The molecule has 2 aromatic carbocycles. The molecule has 0 aliphatic heterocycles. The van der Waals surface area contributed by atoms with Gasteiger partial charge >= 0.3 is 5.97 Å². The molecule has 0 bridgehead atoms. The van der Waals surface area contributed by atoms with E-state index in [9.17, 15) is 9.59 Å². The average Bonchev–Trinajstić information content (AvgIpc) is 2.60. The van der Waals surface area contributed by atoms with Crippen LogP contribution in [0.2, 0.25) is 0 Å². The van der Waals surface area contributed by atoms with Gasteiger partial charge in [0.2, 0.25) is 0 Å². The van der Waals surface area contributed by atoms with Crippen molar-refractivity contribution in [1.82, 2.24) is 0 Å². The molecule has 0 fully saturated rings. The van der Waals surface area contributed by atoms with Crippen molar-refractivity contribution >= 4 is 17.6 Å². The Morgan fingerprint density at radius 2 is 1.96 bits per heavy atom. The molecule has 0 aliphatic carbocycles. The van der Waals surface area contributed by atoms with Gasteiger partial charge in [-0.15, -0.1) is 0 Å². The Hall–Kier alpha value is -3.33. The second-order valence-corrected chi connectivity index (χ2v) is 5.38. The Morgan fingerprint density at radius 1 is 1.20 bits per heavy atom. The minimum Gasteiger partial charge on any atom is -0.482 e. The van der Waals surface area contributed by atoms with E-state index in [1.54, 1.807) is 36.4 Å². The van der Waals surface area contributed by atoms with Gasteiger partial charge in [-0.1, -0.05) is 24.3 Å². The van der Waals surface area contributed by atoms with E-state index in [1.807, 2.05) is 25.1 Å². The molecule has 0 spiro atoms. The summed E-state index contributed by atoms with van der Waals surface area (Å²) in [7, 11) is 0. The van der Waals surface area contributed by atoms with Gasteiger partial charge in [-0.25, -0.2) is 4.79 Å². The van der Waals surface area contributed by atoms with Crippen LogP contribution in [0.3, 0.4) is 0 Å². The molecular weight excluding hydrogens is 320 g/mol. The fourth-order valence-electron chi connectivity index (χ4n) is 2.06. The summed E-state index contributed by atoms with van der Waals surface area (Å²) in [4.78, 5) is 23.9. The lowest BCUT2D eigenvalue weighted by molar-refractivity contribution is -0.155. The number of para-hydroxylation sites is 1. The smallest absolute Gasteiger partial charge is 0.344 e. The number of nitriles is 1. The predicted molar refractivity (Wildman–Crippen MR) is 92.0 cm³/mol. The first-order valence-corrected chi connectivity index (χ1v) is 7.68. The van der Waals surface area contributed by atoms with Crippen molar-refractivity contribution in [2.75, 3.05) is 11.9 Å². The van der Waals surface area contributed by atoms with Crippen LogP contribution in [-0.4, -0.2) is 24.6 Å². The maximum absolute atomic E-state index is 12.1. The van der Waals surface area contributed by atoms with Crippen LogP contribution in [0.1, 0.15) is 18.1 Å². The van der Waals surface area contributed by atoms with E-state index in [4.69, 9.17) is 14.7 Å². The van der Waals surface area contributed by atoms with Gasteiger partial charge in [-0.3, -0.25) is 4.79 Å². The number of aryl methyl sites for hydroxylation is 1. The van der Waals surface area contributed by atoms with Crippen molar-refractivity contribution in [1.29, 1.82) is 5.26 Å². The number of esters is 1. The SMILES string of the molecule is Cc1cccc(OCC(=O)O[C@@H](C)C(=O)Nc2ccccc2C#N)c1. The molecule has 2 aromatic rings. The molecule has 0 aromatic heterocycles. The summed E-state index contributed by atoms with van der Waals surface area (Å²) in [5.74, 6) is -0.624. The van der Waals surface area contributed by atoms with Crippen molar-refractivity contribution in [3.8, 4) is 11.8 Å². The van der Waals surface area contributed by atoms with E-state index in [2.05, 4.69) is 5.32 Å². The molecule has 128 valence electrons. The minimum atomic E-state index is -1.01. The van der Waals surface area contributed by atoms with Gasteiger partial charge < -0.3 is 14.8 Å². The fourth-order valence-corrected chi connectivity index (χ4v) is 2.06. The average molecular weight is 338 g/mol. The van der Waals surface area contributed by atoms with Crippen molar-refractivity contribution in [2.24, 2.45) is 0 Å². The highest BCUT2D eigenvalue weighted by molar-refractivity contribution is 5.96. The van der Waals surface area contributed by atoms with Crippen LogP contribution in [0.15, 0.2) is 48.5 Å². The highest BCUT2D eigenvalue weighted by atomic mass is 16.6. The summed E-state index contributed by atoms with van der Waals surface area (Å²) in [6.07, 6.45) is -1.01. The second-order valence-electron chi connectivity index (χ2n) is 5.38. The van der Waals surface area contributed by atoms with Crippen LogP contribution in [-0.2, 0) is 14.3 Å². The van der Waals surface area contributed by atoms with Crippen molar-refractivity contribution < 1.29 is 19.1 Å². The van der Waals surface area contributed by atoms with Gasteiger partial charge in [0, 0.05) is 0 Å². The maximum Gasteiger partial charge on any atom is 0.344 e. The molecule has 6 nitrogen and oxygen atoms in total. The number of ether oxygens (including phenoxy) is 2. The molecule has 0 radical (unpaired) electrons. The zero-order valence-electron chi connectivity index (χ0n) is 14.0. The third-order valence-corrected chi connectivity index (χ3v) is 3.33. The van der Waals surface area contributed by atoms with Crippen LogP contribution in [0.25, 0.3) is 0 Å². The van der Waals surface area contributed by atoms with Gasteiger partial charge in [0.05, 0.1) is 11.3 Å². The van der Waals surface area contributed by atoms with Gasteiger partial charge in [-0.05, 0) is 43.7 Å². The van der Waals surface area contributed by atoms with Gasteiger partial charge in [0.15, 0.2) is 12.7 Å². The number of rotatable bonds is 6. The van der Waals surface area contributed by atoms with Crippen LogP contribution in [0.4, 0.5) is 5.69 Å². The first kappa shape index (κ1) is 18.0. The summed E-state index contributed by atoms with van der Waals surface area (Å²) in [6, 6.07) is 15.8. The maximum atomic E-state index is 12.1. The fraction of sp³-hybridized carbons (Fsp3) is 0.211. The molecule has 6 heteroatoms. The number of hydrogen-bond acceptors (Lipinski definition) is 5. The van der Waals surface area contributed by atoms with Crippen molar-refractivity contribution in [3.05, 3.63) is 59.7 Å². The molecule has 1 N–H and O–H groups in total. The molecular formula is C19H18N2O4. The zero-order valence-corrected chi connectivity index (χ0v) is 14.0. The number of carbonyl (C=O) groups excluding carboxylic acids is 2. The molecule has 0 aliphatic rings. The Morgan fingerprint density at radius 3 is 2.68 bits per heavy atom. The number of hydrogen-bond donors (Lipinski definition) is 1. The van der Waals surface area contributed by atoms with Gasteiger partial charge in [0.1, 0.15) is 11.8 Å². The lowest BCUT2D eigenvalue weighted by atomic mass is 10.2. The summed E-state index contributed by atoms with van der Waals surface area (Å²) >= 11 is 0. The lowest BCUT2D eigenvalue weighted by Crippen LogP contribution is -2.31. The van der Waals surface area contributed by atoms with E-state index >= 15 is 0 Å². The normalized spacial score (nSPS) is 11.1. The predicted octanol–water partition coefficient (Wildman–Crippen LogP) is 2.82. The molecule has 0 heterocycles. The Bertz CT molecular complexity index is 811. The number of nitrogens with zero attached hydrogens (tertiary/aromatic N) is 1. The quantitative estimate of drug-likeness (QED) is 0.818. The highest BCUT2D eigenvalue weighted by Gasteiger charge is 2.19. The summed E-state index contributed by atoms with van der Waals surface area (Å²) in [5.41, 5.74) is 1.71. The largest absolute Gasteiger partial charge is 0.482 e. The van der Waals surface area contributed by atoms with E-state index in [-0.39, 0.29) is 6.61 Å². The molecule has 1 atom stereocenters. The Kier molecular flexibility index (Phi) is 6.13. The van der Waals surface area contributed by atoms with E-state index in [0.717, 1.165) is 5.56 Å². The second kappa shape index (κ2) is 8.50. The third-order valence-electron chi connectivity index (χ3n) is 3.33. The number of amides is 1. The monoisotopic (exact) mass is 338 g/mol. The van der Waals surface area contributed by atoms with E-state index in [0.29, 0.717) is 17.0 Å². The van der Waals surface area contributed by atoms with Gasteiger partial charge in [0.25, 0.3) is 5.91 Å². The van der Waals surface area contributed by atoms with Crippen molar-refractivity contribution in [2.45, 2.75) is 20.0 Å². The summed E-state index contributed by atoms with van der Waals surface area (Å²) in [5, 5.41) is 11.6. The summed E-state index contributed by atoms with van der Waals surface area (Å²) < 4.78 is 10.4. The van der Waals surface area contributed by atoms with Crippen LogP contribution >= 0.6 is 0 Å². The topological polar surface area (TPSA) is 88.4 Å². The molecule has 2 rings (SSSR count). The standard InChI is InChI=1S/C19H18N2O4/c1-13-6-5-8-16(10-13)24-12-18(22)25-14(2)19(23)21-17-9-4-3-7-15(17)11-20/h3-10,14H,12H2,1-2H3,(H,21,23)/t14-/m0/s1. The number of carbonyl (C=O) groups is 2. The first-order chi connectivity index (χ1) is 12.0. The number of anilines is 1.